The van der Waals surface area contributed by atoms with Crippen molar-refractivity contribution < 1.29 is 9.53 Å². The molecule has 190 valence electrons. The summed E-state index contributed by atoms with van der Waals surface area (Å²) in [5.74, 6) is 1.58. The van der Waals surface area contributed by atoms with Crippen LogP contribution in [-0.4, -0.2) is 12.3 Å². The van der Waals surface area contributed by atoms with Crippen molar-refractivity contribution in [2.75, 3.05) is 11.9 Å². The van der Waals surface area contributed by atoms with Gasteiger partial charge in [0.25, 0.3) is 0 Å². The Bertz CT molecular complexity index is 1530. The van der Waals surface area contributed by atoms with Gasteiger partial charge in [0.05, 0.1) is 0 Å². The number of hydrogen-bond donors (Lipinski definition) is 1. The van der Waals surface area contributed by atoms with Crippen LogP contribution in [0.5, 0.6) is 0 Å². The number of ether oxygens (including phenoxy) is 1. The number of ketones is 1. The van der Waals surface area contributed by atoms with Crippen molar-refractivity contribution in [2.24, 2.45) is 5.41 Å². The lowest BCUT2D eigenvalue weighted by molar-refractivity contribution is 0.103. The smallest absolute Gasteiger partial charge is 0.190 e. The number of carbonyl (C=O) groups excluding carboxylic acids is 1. The molecule has 3 aromatic carbocycles. The summed E-state index contributed by atoms with van der Waals surface area (Å²) < 4.78 is 6.41. The predicted octanol–water partition coefficient (Wildman–Crippen LogP) is 8.23. The summed E-state index contributed by atoms with van der Waals surface area (Å²) in [6.07, 6.45) is 10.5. The quantitative estimate of drug-likeness (QED) is 0.369. The molecule has 1 atom stereocenters. The number of benzene rings is 3. The van der Waals surface area contributed by atoms with Crippen LogP contribution in [0, 0.1) is 5.41 Å². The normalized spacial score (nSPS) is 20.8. The van der Waals surface area contributed by atoms with Crippen LogP contribution in [0.4, 0.5) is 5.69 Å². The van der Waals surface area contributed by atoms with E-state index < -0.39 is 0 Å². The lowest BCUT2D eigenvalue weighted by Crippen LogP contribution is -2.16. The molecule has 2 heterocycles. The molecule has 1 unspecified atom stereocenters. The van der Waals surface area contributed by atoms with Crippen LogP contribution in [0.25, 0.3) is 6.08 Å². The lowest BCUT2D eigenvalue weighted by Gasteiger charge is -2.27. The maximum Gasteiger partial charge on any atom is 0.190 e. The SMILES string of the molecule is CC(C)(C)C1=CC(=C2C(=O)c3ccccc3C2c2ccccc2)C=C(C=Cc2ccc3c(c2)CCCN3)O1. The molecule has 0 spiro atoms. The van der Waals surface area contributed by atoms with Crippen LogP contribution in [0.3, 0.4) is 0 Å². The van der Waals surface area contributed by atoms with Gasteiger partial charge in [-0.1, -0.05) is 87.5 Å². The minimum absolute atomic E-state index is 0.0950. The second kappa shape index (κ2) is 9.64. The Kier molecular flexibility index (Phi) is 6.15. The number of fused-ring (bicyclic) bond motifs is 2. The topological polar surface area (TPSA) is 38.3 Å². The van der Waals surface area contributed by atoms with E-state index in [1.54, 1.807) is 0 Å². The molecular weight excluding hydrogens is 466 g/mol. The summed E-state index contributed by atoms with van der Waals surface area (Å²) in [7, 11) is 0. The average Bonchev–Trinajstić information content (AvgIpc) is 3.24. The third-order valence-electron chi connectivity index (χ3n) is 7.55. The van der Waals surface area contributed by atoms with Crippen molar-refractivity contribution in [3.05, 3.63) is 142 Å². The highest BCUT2D eigenvalue weighted by Gasteiger charge is 2.38. The molecule has 1 N–H and O–H groups in total. The van der Waals surface area contributed by atoms with Gasteiger partial charge < -0.3 is 10.1 Å². The van der Waals surface area contributed by atoms with Gasteiger partial charge >= 0.3 is 0 Å². The standard InChI is InChI=1S/C35H33NO2/c1-35(2,3)31-22-26(21-27(38-31)17-15-23-16-18-30-25(20-23)12-9-19-36-30)33-32(24-10-5-4-6-11-24)28-13-7-8-14-29(28)34(33)37/h4-8,10-11,13-18,20-22,32,36H,9,12,19H2,1-3H3. The summed E-state index contributed by atoms with van der Waals surface area (Å²) in [5, 5.41) is 3.48. The summed E-state index contributed by atoms with van der Waals surface area (Å²) >= 11 is 0. The molecule has 0 radical (unpaired) electrons. The van der Waals surface area contributed by atoms with Gasteiger partial charge in [0.1, 0.15) is 11.5 Å². The summed E-state index contributed by atoms with van der Waals surface area (Å²) in [5.41, 5.74) is 8.23. The van der Waals surface area contributed by atoms with Gasteiger partial charge in [0.2, 0.25) is 0 Å². The third kappa shape index (κ3) is 4.54. The highest BCUT2D eigenvalue weighted by molar-refractivity contribution is 6.16. The Hall–Kier alpha value is -4.11. The summed E-state index contributed by atoms with van der Waals surface area (Å²) in [4.78, 5) is 13.9. The van der Waals surface area contributed by atoms with Crippen molar-refractivity contribution in [1.82, 2.24) is 0 Å². The third-order valence-corrected chi connectivity index (χ3v) is 7.55. The van der Waals surface area contributed by atoms with Crippen molar-refractivity contribution in [1.29, 1.82) is 0 Å². The van der Waals surface area contributed by atoms with E-state index >= 15 is 0 Å². The zero-order chi connectivity index (χ0) is 26.3. The van der Waals surface area contributed by atoms with Crippen LogP contribution < -0.4 is 5.32 Å². The highest BCUT2D eigenvalue weighted by Crippen LogP contribution is 2.45. The lowest BCUT2D eigenvalue weighted by atomic mass is 9.84. The Morgan fingerprint density at radius 2 is 1.71 bits per heavy atom. The number of hydrogen-bond acceptors (Lipinski definition) is 3. The molecule has 0 fully saturated rings. The van der Waals surface area contributed by atoms with Crippen LogP contribution in [0.15, 0.2) is 114 Å². The first-order valence-electron chi connectivity index (χ1n) is 13.5. The monoisotopic (exact) mass is 499 g/mol. The first-order chi connectivity index (χ1) is 18.4. The molecule has 3 nitrogen and oxygen atoms in total. The minimum atomic E-state index is -0.215. The molecule has 0 bridgehead atoms. The van der Waals surface area contributed by atoms with E-state index in [1.807, 2.05) is 48.6 Å². The van der Waals surface area contributed by atoms with Crippen LogP contribution in [0.2, 0.25) is 0 Å². The Balaban J connectivity index is 1.46. The van der Waals surface area contributed by atoms with E-state index in [1.165, 1.54) is 11.3 Å². The van der Waals surface area contributed by atoms with Crippen molar-refractivity contribution in [3.8, 4) is 0 Å². The molecule has 6 rings (SSSR count). The maximum absolute atomic E-state index is 13.9. The van der Waals surface area contributed by atoms with E-state index in [-0.39, 0.29) is 17.1 Å². The molecule has 3 aliphatic rings. The highest BCUT2D eigenvalue weighted by atomic mass is 16.5. The number of Topliss-reactive ketones (excluding diaryl/α,β-unsaturated/α-hetero) is 1. The van der Waals surface area contributed by atoms with Gasteiger partial charge in [0.15, 0.2) is 5.78 Å². The van der Waals surface area contributed by atoms with Crippen molar-refractivity contribution in [2.45, 2.75) is 39.5 Å². The molecule has 38 heavy (non-hydrogen) atoms. The van der Waals surface area contributed by atoms with E-state index in [0.29, 0.717) is 0 Å². The number of carbonyl (C=O) groups is 1. The van der Waals surface area contributed by atoms with Gasteiger partial charge in [-0.3, -0.25) is 4.79 Å². The van der Waals surface area contributed by atoms with Crippen molar-refractivity contribution in [3.63, 3.8) is 0 Å². The van der Waals surface area contributed by atoms with E-state index in [2.05, 4.69) is 74.6 Å². The molecule has 0 saturated carbocycles. The molecule has 0 amide bonds. The van der Waals surface area contributed by atoms with Crippen molar-refractivity contribution >= 4 is 17.5 Å². The molecule has 3 aromatic rings. The maximum atomic E-state index is 13.9. The first kappa shape index (κ1) is 24.2. The number of anilines is 1. The summed E-state index contributed by atoms with van der Waals surface area (Å²) in [6, 6.07) is 24.9. The van der Waals surface area contributed by atoms with E-state index in [9.17, 15) is 4.79 Å². The zero-order valence-electron chi connectivity index (χ0n) is 22.3. The van der Waals surface area contributed by atoms with Gasteiger partial charge in [-0.15, -0.1) is 0 Å². The Morgan fingerprint density at radius 3 is 2.53 bits per heavy atom. The van der Waals surface area contributed by atoms with Gasteiger partial charge in [-0.25, -0.2) is 0 Å². The Labute approximate surface area is 225 Å². The molecule has 1 aliphatic carbocycles. The number of nitrogens with one attached hydrogen (secondary N) is 1. The fourth-order valence-corrected chi connectivity index (χ4v) is 5.58. The van der Waals surface area contributed by atoms with Crippen LogP contribution >= 0.6 is 0 Å². The molecular formula is C35H33NO2. The number of allylic oxidation sites excluding steroid dienone is 6. The van der Waals surface area contributed by atoms with Gasteiger partial charge in [-0.05, 0) is 71.0 Å². The molecule has 0 saturated heterocycles. The minimum Gasteiger partial charge on any atom is -0.461 e. The fraction of sp³-hybridized carbons (Fsp3) is 0.229. The number of rotatable bonds is 3. The van der Waals surface area contributed by atoms with E-state index in [4.69, 9.17) is 4.74 Å². The average molecular weight is 500 g/mol. The second-order valence-corrected chi connectivity index (χ2v) is 11.3. The predicted molar refractivity (Wildman–Crippen MR) is 155 cm³/mol. The molecule has 3 heteroatoms. The van der Waals surface area contributed by atoms with Gasteiger partial charge in [0, 0.05) is 34.7 Å². The van der Waals surface area contributed by atoms with Crippen LogP contribution in [0.1, 0.15) is 65.7 Å². The van der Waals surface area contributed by atoms with E-state index in [0.717, 1.165) is 64.3 Å². The largest absolute Gasteiger partial charge is 0.461 e. The number of aryl methyl sites for hydroxylation is 1. The Morgan fingerprint density at radius 1 is 0.921 bits per heavy atom. The molecule has 0 aromatic heterocycles. The first-order valence-corrected chi connectivity index (χ1v) is 13.5. The van der Waals surface area contributed by atoms with Crippen LogP contribution in [-0.2, 0) is 11.2 Å². The zero-order valence-corrected chi connectivity index (χ0v) is 22.3. The fourth-order valence-electron chi connectivity index (χ4n) is 5.58. The summed E-state index contributed by atoms with van der Waals surface area (Å²) in [6.45, 7) is 7.47. The molecule has 2 aliphatic heterocycles. The van der Waals surface area contributed by atoms with Gasteiger partial charge in [-0.2, -0.15) is 0 Å². The second-order valence-electron chi connectivity index (χ2n) is 11.3.